The van der Waals surface area contributed by atoms with Gasteiger partial charge in [-0.05, 0) is 51.8 Å². The summed E-state index contributed by atoms with van der Waals surface area (Å²) in [6.07, 6.45) is 6.00. The molecule has 0 aromatic carbocycles. The highest BCUT2D eigenvalue weighted by Gasteiger charge is 2.18. The van der Waals surface area contributed by atoms with E-state index in [0.29, 0.717) is 12.1 Å². The first kappa shape index (κ1) is 13.3. The number of rotatable bonds is 4. The zero-order valence-electron chi connectivity index (χ0n) is 11.8. The number of anilines is 1. The number of aromatic nitrogens is 1. The van der Waals surface area contributed by atoms with Gasteiger partial charge in [-0.2, -0.15) is 0 Å². The average molecular weight is 247 g/mol. The molecule has 0 saturated carbocycles. The van der Waals surface area contributed by atoms with E-state index in [-0.39, 0.29) is 0 Å². The highest BCUT2D eigenvalue weighted by Crippen LogP contribution is 2.24. The van der Waals surface area contributed by atoms with E-state index in [4.69, 9.17) is 0 Å². The highest BCUT2D eigenvalue weighted by atomic mass is 15.2. The summed E-state index contributed by atoms with van der Waals surface area (Å²) >= 11 is 0. The molecule has 1 fully saturated rings. The molecule has 1 aliphatic heterocycles. The van der Waals surface area contributed by atoms with Gasteiger partial charge in [-0.1, -0.05) is 6.92 Å². The Labute approximate surface area is 111 Å². The number of nitrogens with one attached hydrogen (secondary N) is 1. The van der Waals surface area contributed by atoms with Crippen LogP contribution in [0.25, 0.3) is 0 Å². The molecule has 0 aliphatic carbocycles. The molecule has 0 bridgehead atoms. The predicted molar refractivity (Wildman–Crippen MR) is 77.0 cm³/mol. The largest absolute Gasteiger partial charge is 0.368 e. The lowest BCUT2D eigenvalue weighted by Crippen LogP contribution is -2.37. The molecule has 2 rings (SSSR count). The zero-order chi connectivity index (χ0) is 13.0. The molecule has 1 aromatic rings. The number of pyridine rings is 1. The van der Waals surface area contributed by atoms with Crippen LogP contribution in [-0.4, -0.2) is 24.1 Å². The molecule has 1 aliphatic rings. The van der Waals surface area contributed by atoms with E-state index in [1.165, 1.54) is 31.5 Å². The van der Waals surface area contributed by atoms with Crippen molar-refractivity contribution in [1.29, 1.82) is 0 Å². The van der Waals surface area contributed by atoms with E-state index in [0.717, 1.165) is 12.2 Å². The molecule has 2 heterocycles. The van der Waals surface area contributed by atoms with Crippen molar-refractivity contribution in [2.75, 3.05) is 18.0 Å². The summed E-state index contributed by atoms with van der Waals surface area (Å²) < 4.78 is 0. The van der Waals surface area contributed by atoms with Crippen LogP contribution in [0.3, 0.4) is 0 Å². The molecular weight excluding hydrogens is 222 g/mol. The summed E-state index contributed by atoms with van der Waals surface area (Å²) in [7, 11) is 0. The van der Waals surface area contributed by atoms with Crippen molar-refractivity contribution in [2.45, 2.75) is 52.1 Å². The Hall–Kier alpha value is -1.09. The van der Waals surface area contributed by atoms with Gasteiger partial charge < -0.3 is 10.2 Å². The summed E-state index contributed by atoms with van der Waals surface area (Å²) in [5.74, 6) is 0. The quantitative estimate of drug-likeness (QED) is 0.886. The third-order valence-corrected chi connectivity index (χ3v) is 3.86. The van der Waals surface area contributed by atoms with Gasteiger partial charge in [0, 0.05) is 18.6 Å². The molecule has 0 spiro atoms. The van der Waals surface area contributed by atoms with Crippen molar-refractivity contribution < 1.29 is 0 Å². The van der Waals surface area contributed by atoms with E-state index < -0.39 is 0 Å². The third-order valence-electron chi connectivity index (χ3n) is 3.86. The minimum Gasteiger partial charge on any atom is -0.368 e. The Bertz CT molecular complexity index is 361. The van der Waals surface area contributed by atoms with Gasteiger partial charge in [0.2, 0.25) is 0 Å². The molecule has 100 valence electrons. The van der Waals surface area contributed by atoms with Crippen molar-refractivity contribution >= 4 is 5.69 Å². The molecule has 2 atom stereocenters. The first-order chi connectivity index (χ1) is 8.72. The monoisotopic (exact) mass is 247 g/mol. The van der Waals surface area contributed by atoms with Crippen LogP contribution in [0.5, 0.6) is 0 Å². The molecular formula is C15H25N3. The lowest BCUT2D eigenvalue weighted by atomic mass is 10.0. The van der Waals surface area contributed by atoms with Gasteiger partial charge >= 0.3 is 0 Å². The number of piperidine rings is 1. The van der Waals surface area contributed by atoms with Crippen LogP contribution < -0.4 is 10.2 Å². The Balaban J connectivity index is 2.06. The second kappa shape index (κ2) is 6.19. The molecule has 3 nitrogen and oxygen atoms in total. The first-order valence-corrected chi connectivity index (χ1v) is 7.18. The van der Waals surface area contributed by atoms with E-state index >= 15 is 0 Å². The molecule has 0 amide bonds. The standard InChI is InChI=1S/C15H25N3/c1-4-16-13(3)15-9-8-14(11-17-15)18-10-6-5-7-12(18)2/h8-9,11-13,16H,4-7,10H2,1-3H3. The molecule has 1 N–H and O–H groups in total. The lowest BCUT2D eigenvalue weighted by Gasteiger charge is -2.35. The van der Waals surface area contributed by atoms with Crippen molar-refractivity contribution in [1.82, 2.24) is 10.3 Å². The summed E-state index contributed by atoms with van der Waals surface area (Å²) in [4.78, 5) is 7.09. The maximum Gasteiger partial charge on any atom is 0.0572 e. The summed E-state index contributed by atoms with van der Waals surface area (Å²) in [5, 5.41) is 3.39. The number of hydrogen-bond donors (Lipinski definition) is 1. The molecule has 0 radical (unpaired) electrons. The Morgan fingerprint density at radius 1 is 1.44 bits per heavy atom. The van der Waals surface area contributed by atoms with Crippen LogP contribution in [0.4, 0.5) is 5.69 Å². The number of hydrogen-bond acceptors (Lipinski definition) is 3. The second-order valence-corrected chi connectivity index (χ2v) is 5.26. The zero-order valence-corrected chi connectivity index (χ0v) is 11.8. The normalized spacial score (nSPS) is 21.9. The SMILES string of the molecule is CCNC(C)c1ccc(N2CCCCC2C)cn1. The van der Waals surface area contributed by atoms with E-state index in [1.807, 2.05) is 6.20 Å². The van der Waals surface area contributed by atoms with Crippen LogP contribution in [0, 0.1) is 0 Å². The summed E-state index contributed by atoms with van der Waals surface area (Å²) in [6.45, 7) is 8.75. The molecule has 1 saturated heterocycles. The predicted octanol–water partition coefficient (Wildman–Crippen LogP) is 3.13. The topological polar surface area (TPSA) is 28.2 Å². The van der Waals surface area contributed by atoms with Gasteiger partial charge in [0.1, 0.15) is 0 Å². The summed E-state index contributed by atoms with van der Waals surface area (Å²) in [6, 6.07) is 5.36. The minimum absolute atomic E-state index is 0.336. The van der Waals surface area contributed by atoms with Crippen molar-refractivity contribution in [3.05, 3.63) is 24.0 Å². The van der Waals surface area contributed by atoms with Crippen molar-refractivity contribution in [3.63, 3.8) is 0 Å². The molecule has 3 heteroatoms. The highest BCUT2D eigenvalue weighted by molar-refractivity contribution is 5.46. The maximum atomic E-state index is 4.60. The van der Waals surface area contributed by atoms with Crippen molar-refractivity contribution in [3.8, 4) is 0 Å². The Kier molecular flexibility index (Phi) is 4.59. The molecule has 1 aromatic heterocycles. The van der Waals surface area contributed by atoms with E-state index in [1.54, 1.807) is 0 Å². The number of nitrogens with zero attached hydrogens (tertiary/aromatic N) is 2. The molecule has 18 heavy (non-hydrogen) atoms. The summed E-state index contributed by atoms with van der Waals surface area (Å²) in [5.41, 5.74) is 2.40. The van der Waals surface area contributed by atoms with E-state index in [2.05, 4.69) is 48.1 Å². The fourth-order valence-electron chi connectivity index (χ4n) is 2.72. The fourth-order valence-corrected chi connectivity index (χ4v) is 2.72. The maximum absolute atomic E-state index is 4.60. The van der Waals surface area contributed by atoms with Crippen molar-refractivity contribution in [2.24, 2.45) is 0 Å². The van der Waals surface area contributed by atoms with Gasteiger partial charge in [0.15, 0.2) is 0 Å². The van der Waals surface area contributed by atoms with Gasteiger partial charge in [-0.3, -0.25) is 4.98 Å². The van der Waals surface area contributed by atoms with Crippen LogP contribution in [0.15, 0.2) is 18.3 Å². The van der Waals surface area contributed by atoms with Crippen LogP contribution >= 0.6 is 0 Å². The lowest BCUT2D eigenvalue weighted by molar-refractivity contribution is 0.484. The van der Waals surface area contributed by atoms with Gasteiger partial charge in [-0.25, -0.2) is 0 Å². The average Bonchev–Trinajstić information content (AvgIpc) is 2.40. The minimum atomic E-state index is 0.336. The van der Waals surface area contributed by atoms with Crippen LogP contribution in [0.2, 0.25) is 0 Å². The van der Waals surface area contributed by atoms with Gasteiger partial charge in [0.25, 0.3) is 0 Å². The van der Waals surface area contributed by atoms with E-state index in [9.17, 15) is 0 Å². The first-order valence-electron chi connectivity index (χ1n) is 7.18. The van der Waals surface area contributed by atoms with Crippen LogP contribution in [0.1, 0.15) is 51.8 Å². The van der Waals surface area contributed by atoms with Gasteiger partial charge in [-0.15, -0.1) is 0 Å². The Morgan fingerprint density at radius 3 is 2.89 bits per heavy atom. The fraction of sp³-hybridized carbons (Fsp3) is 0.667. The Morgan fingerprint density at radius 2 is 2.28 bits per heavy atom. The second-order valence-electron chi connectivity index (χ2n) is 5.26. The van der Waals surface area contributed by atoms with Crippen LogP contribution in [-0.2, 0) is 0 Å². The smallest absolute Gasteiger partial charge is 0.0572 e. The third kappa shape index (κ3) is 3.02. The van der Waals surface area contributed by atoms with Gasteiger partial charge in [0.05, 0.1) is 17.6 Å². The molecule has 2 unspecified atom stereocenters.